The number of nitrogens with zero attached hydrogens (tertiary/aromatic N) is 1. The second kappa shape index (κ2) is 11.5. The van der Waals surface area contributed by atoms with E-state index in [2.05, 4.69) is 5.32 Å². The number of hydrogen-bond donors (Lipinski definition) is 1. The zero-order chi connectivity index (χ0) is 25.5. The first-order chi connectivity index (χ1) is 17.4. The molecule has 0 radical (unpaired) electrons. The molecule has 36 heavy (non-hydrogen) atoms. The van der Waals surface area contributed by atoms with Crippen molar-refractivity contribution in [3.8, 4) is 11.5 Å². The zero-order valence-corrected chi connectivity index (χ0v) is 21.5. The number of carbonyl (C=O) groups excluding carboxylic acids is 1. The summed E-state index contributed by atoms with van der Waals surface area (Å²) in [6.45, 7) is 3.65. The maximum atomic E-state index is 13.7. The molecule has 1 aliphatic carbocycles. The summed E-state index contributed by atoms with van der Waals surface area (Å²) in [7, 11) is -4.05. The third-order valence-electron chi connectivity index (χ3n) is 6.07. The molecule has 1 saturated carbocycles. The van der Waals surface area contributed by atoms with Gasteiger partial charge in [-0.1, -0.05) is 29.8 Å². The van der Waals surface area contributed by atoms with Gasteiger partial charge in [0, 0.05) is 5.69 Å². The summed E-state index contributed by atoms with van der Waals surface area (Å²) >= 11 is 0. The summed E-state index contributed by atoms with van der Waals surface area (Å²) in [5.41, 5.74) is 1.80. The second-order valence-corrected chi connectivity index (χ2v) is 10.7. The second-order valence-electron chi connectivity index (χ2n) is 8.82. The van der Waals surface area contributed by atoms with E-state index < -0.39 is 22.5 Å². The lowest BCUT2D eigenvalue weighted by atomic mass is 10.2. The molecule has 0 saturated heterocycles. The molecule has 8 heteroatoms. The van der Waals surface area contributed by atoms with Gasteiger partial charge in [0.05, 0.1) is 23.3 Å². The van der Waals surface area contributed by atoms with Crippen LogP contribution in [0, 0.1) is 6.92 Å². The van der Waals surface area contributed by atoms with Crippen LogP contribution in [0.2, 0.25) is 0 Å². The SMILES string of the molecule is CCOc1ccccc1N(CC(=O)Nc1ccc(OC2CCCC2)cc1)S(=O)(=O)c1ccc(C)cc1. The third kappa shape index (κ3) is 6.18. The first-order valence-corrected chi connectivity index (χ1v) is 13.7. The topological polar surface area (TPSA) is 84.9 Å². The normalized spacial score (nSPS) is 13.8. The molecule has 0 aliphatic heterocycles. The molecule has 0 bridgehead atoms. The summed E-state index contributed by atoms with van der Waals surface area (Å²) in [4.78, 5) is 13.2. The van der Waals surface area contributed by atoms with Gasteiger partial charge in [-0.2, -0.15) is 0 Å². The number of aryl methyl sites for hydroxylation is 1. The van der Waals surface area contributed by atoms with E-state index in [-0.39, 0.29) is 11.0 Å². The van der Waals surface area contributed by atoms with Crippen LogP contribution in [0.25, 0.3) is 0 Å². The molecule has 4 rings (SSSR count). The number of nitrogens with one attached hydrogen (secondary N) is 1. The lowest BCUT2D eigenvalue weighted by Crippen LogP contribution is -2.38. The van der Waals surface area contributed by atoms with Crippen LogP contribution in [0.1, 0.15) is 38.2 Å². The van der Waals surface area contributed by atoms with Gasteiger partial charge in [0.15, 0.2) is 0 Å². The van der Waals surface area contributed by atoms with Crippen molar-refractivity contribution in [2.45, 2.75) is 50.5 Å². The Morgan fingerprint density at radius 2 is 1.64 bits per heavy atom. The summed E-state index contributed by atoms with van der Waals surface area (Å²) in [5.74, 6) is 0.674. The number of sulfonamides is 1. The van der Waals surface area contributed by atoms with Gasteiger partial charge >= 0.3 is 0 Å². The maximum Gasteiger partial charge on any atom is 0.264 e. The zero-order valence-electron chi connectivity index (χ0n) is 20.6. The van der Waals surface area contributed by atoms with E-state index in [9.17, 15) is 13.2 Å². The van der Waals surface area contributed by atoms with Crippen LogP contribution in [0.3, 0.4) is 0 Å². The quantitative estimate of drug-likeness (QED) is 0.388. The number of carbonyl (C=O) groups is 1. The van der Waals surface area contributed by atoms with Crippen LogP contribution in [0.15, 0.2) is 77.7 Å². The highest BCUT2D eigenvalue weighted by atomic mass is 32.2. The van der Waals surface area contributed by atoms with Gasteiger partial charge < -0.3 is 14.8 Å². The molecule has 1 fully saturated rings. The Morgan fingerprint density at radius 1 is 0.972 bits per heavy atom. The Kier molecular flexibility index (Phi) is 8.15. The standard InChI is InChI=1S/C28H32N2O5S/c1-3-34-27-11-7-6-10-26(27)30(36(32,33)25-18-12-21(2)13-19-25)20-28(31)29-22-14-16-24(17-15-22)35-23-8-4-5-9-23/h6-7,10-19,23H,3-5,8-9,20H2,1-2H3,(H,29,31). The minimum atomic E-state index is -4.05. The van der Waals surface area contributed by atoms with E-state index >= 15 is 0 Å². The van der Waals surface area contributed by atoms with Crippen molar-refractivity contribution in [1.82, 2.24) is 0 Å². The lowest BCUT2D eigenvalue weighted by molar-refractivity contribution is -0.114. The molecule has 3 aromatic carbocycles. The Labute approximate surface area is 213 Å². The van der Waals surface area contributed by atoms with E-state index in [0.717, 1.165) is 28.5 Å². The number of para-hydroxylation sites is 2. The van der Waals surface area contributed by atoms with Gasteiger partial charge in [-0.25, -0.2) is 8.42 Å². The third-order valence-corrected chi connectivity index (χ3v) is 7.85. The van der Waals surface area contributed by atoms with Crippen LogP contribution in [-0.4, -0.2) is 33.6 Å². The molecule has 1 amide bonds. The Balaban J connectivity index is 1.56. The first kappa shape index (κ1) is 25.6. The van der Waals surface area contributed by atoms with Gasteiger partial charge in [-0.15, -0.1) is 0 Å². The first-order valence-electron chi connectivity index (χ1n) is 12.2. The Hall–Kier alpha value is -3.52. The summed E-state index contributed by atoms with van der Waals surface area (Å²) < 4.78 is 40.1. The molecule has 7 nitrogen and oxygen atoms in total. The van der Waals surface area contributed by atoms with Gasteiger partial charge in [0.25, 0.3) is 10.0 Å². The molecule has 1 N–H and O–H groups in total. The van der Waals surface area contributed by atoms with E-state index in [1.807, 2.05) is 26.0 Å². The highest BCUT2D eigenvalue weighted by Crippen LogP contribution is 2.33. The summed E-state index contributed by atoms with van der Waals surface area (Å²) in [6, 6.07) is 20.5. The molecule has 1 aliphatic rings. The molecular weight excluding hydrogens is 476 g/mol. The van der Waals surface area contributed by atoms with Crippen molar-refractivity contribution in [1.29, 1.82) is 0 Å². The van der Waals surface area contributed by atoms with Gasteiger partial charge in [-0.05, 0) is 88.1 Å². The number of amides is 1. The summed E-state index contributed by atoms with van der Waals surface area (Å²) in [6.07, 6.45) is 4.75. The average Bonchev–Trinajstić information content (AvgIpc) is 3.38. The van der Waals surface area contributed by atoms with Gasteiger partial charge in [-0.3, -0.25) is 9.10 Å². The fourth-order valence-corrected chi connectivity index (χ4v) is 5.66. The van der Waals surface area contributed by atoms with E-state index in [4.69, 9.17) is 9.47 Å². The van der Waals surface area contributed by atoms with Crippen LogP contribution in [-0.2, 0) is 14.8 Å². The van der Waals surface area contributed by atoms with Crippen LogP contribution in [0.4, 0.5) is 11.4 Å². The van der Waals surface area contributed by atoms with Crippen molar-refractivity contribution in [2.24, 2.45) is 0 Å². The molecule has 0 atom stereocenters. The molecule has 0 unspecified atom stereocenters. The molecule has 0 heterocycles. The minimum Gasteiger partial charge on any atom is -0.492 e. The average molecular weight is 509 g/mol. The van der Waals surface area contributed by atoms with Crippen LogP contribution < -0.4 is 19.1 Å². The highest BCUT2D eigenvalue weighted by molar-refractivity contribution is 7.92. The van der Waals surface area contributed by atoms with Gasteiger partial charge in [0.1, 0.15) is 18.0 Å². The molecule has 3 aromatic rings. The Morgan fingerprint density at radius 3 is 2.31 bits per heavy atom. The molecule has 190 valence electrons. The number of benzene rings is 3. The smallest absolute Gasteiger partial charge is 0.264 e. The van der Waals surface area contributed by atoms with Crippen LogP contribution in [0.5, 0.6) is 11.5 Å². The van der Waals surface area contributed by atoms with E-state index in [1.165, 1.54) is 12.8 Å². The number of rotatable bonds is 10. The van der Waals surface area contributed by atoms with Crippen molar-refractivity contribution < 1.29 is 22.7 Å². The fraction of sp³-hybridized carbons (Fsp3) is 0.321. The predicted molar refractivity (Wildman–Crippen MR) is 141 cm³/mol. The Bertz CT molecular complexity index is 1270. The van der Waals surface area contributed by atoms with Crippen molar-refractivity contribution in [2.75, 3.05) is 22.8 Å². The fourth-order valence-electron chi connectivity index (χ4n) is 4.22. The minimum absolute atomic E-state index is 0.0978. The number of anilines is 2. The number of ether oxygens (including phenoxy) is 2. The molecule has 0 aromatic heterocycles. The van der Waals surface area contributed by atoms with E-state index in [0.29, 0.717) is 23.7 Å². The van der Waals surface area contributed by atoms with Crippen LogP contribution >= 0.6 is 0 Å². The van der Waals surface area contributed by atoms with Crippen molar-refractivity contribution in [3.05, 3.63) is 78.4 Å². The predicted octanol–water partition coefficient (Wildman–Crippen LogP) is 5.55. The van der Waals surface area contributed by atoms with Crippen molar-refractivity contribution >= 4 is 27.3 Å². The maximum absolute atomic E-state index is 13.7. The van der Waals surface area contributed by atoms with Gasteiger partial charge in [0.2, 0.25) is 5.91 Å². The summed E-state index contributed by atoms with van der Waals surface area (Å²) in [5, 5.41) is 2.81. The highest BCUT2D eigenvalue weighted by Gasteiger charge is 2.29. The molecular formula is C28H32N2O5S. The monoisotopic (exact) mass is 508 g/mol. The van der Waals surface area contributed by atoms with Crippen molar-refractivity contribution in [3.63, 3.8) is 0 Å². The van der Waals surface area contributed by atoms with E-state index in [1.54, 1.807) is 60.7 Å². The number of hydrogen-bond acceptors (Lipinski definition) is 5. The molecule has 0 spiro atoms. The largest absolute Gasteiger partial charge is 0.492 e. The lowest BCUT2D eigenvalue weighted by Gasteiger charge is -2.26.